The van der Waals surface area contributed by atoms with Gasteiger partial charge in [-0.05, 0) is 75.4 Å². The largest absolute Gasteiger partial charge is 0.491 e. The molecule has 258 valence electrons. The van der Waals surface area contributed by atoms with Gasteiger partial charge >= 0.3 is 12.1 Å². The lowest BCUT2D eigenvalue weighted by molar-refractivity contribution is -0.192. The number of alkyl halides is 3. The van der Waals surface area contributed by atoms with Crippen LogP contribution in [0.5, 0.6) is 5.75 Å². The number of carbonyl (C=O) groups is 3. The Morgan fingerprint density at radius 2 is 1.73 bits per heavy atom. The minimum absolute atomic E-state index is 0.000651. The summed E-state index contributed by atoms with van der Waals surface area (Å²) < 4.78 is 71.0. The van der Waals surface area contributed by atoms with E-state index in [2.05, 4.69) is 15.6 Å². The number of benzene rings is 3. The molecule has 5 rings (SSSR count). The number of hydrogen-bond donors (Lipinski definition) is 3. The van der Waals surface area contributed by atoms with Crippen LogP contribution < -0.4 is 15.4 Å². The number of thiazole rings is 1. The number of ether oxygens (including phenoxy) is 1. The molecule has 0 spiro atoms. The molecule has 3 aromatic carbocycles. The van der Waals surface area contributed by atoms with Crippen LogP contribution in [-0.4, -0.2) is 72.1 Å². The highest BCUT2D eigenvalue weighted by atomic mass is 32.2. The highest BCUT2D eigenvalue weighted by Crippen LogP contribution is 2.34. The van der Waals surface area contributed by atoms with Crippen LogP contribution in [-0.2, 0) is 21.2 Å². The van der Waals surface area contributed by atoms with Gasteiger partial charge in [-0.25, -0.2) is 13.4 Å². The van der Waals surface area contributed by atoms with E-state index in [-0.39, 0.29) is 39.8 Å². The van der Waals surface area contributed by atoms with Crippen molar-refractivity contribution in [2.45, 2.75) is 54.9 Å². The summed E-state index contributed by atoms with van der Waals surface area (Å²) >= 11 is 1.31. The van der Waals surface area contributed by atoms with E-state index in [0.29, 0.717) is 26.1 Å². The van der Waals surface area contributed by atoms with Gasteiger partial charge in [0.1, 0.15) is 23.5 Å². The van der Waals surface area contributed by atoms with Gasteiger partial charge < -0.3 is 25.4 Å². The fraction of sp³-hybridized carbons (Fsp3) is 0.273. The summed E-state index contributed by atoms with van der Waals surface area (Å²) in [5, 5.41) is 16.3. The third-order valence-corrected chi connectivity index (χ3v) is 10.3. The van der Waals surface area contributed by atoms with E-state index < -0.39 is 51.9 Å². The standard InChI is InChI=1S/C33H31F3N4O7S2/c1-32(2,3)40(31(44)33(34,35)36)17-21(41)18-47-22-11-8-19(9-12-22)30-38-16-23(48-30)15-37-28(42)20-10-13-27-25(14-20)39-29(43)24-6-4-5-7-26(24)49(27,45)46/h4-14,16,21,41H,15,17-18H2,1-3H3,(H,37,42)(H,39,43). The number of halogens is 3. The molecule has 16 heteroatoms. The smallest absolute Gasteiger partial charge is 0.471 e. The third kappa shape index (κ3) is 7.92. The van der Waals surface area contributed by atoms with E-state index in [4.69, 9.17) is 4.74 Å². The Balaban J connectivity index is 1.17. The molecule has 3 N–H and O–H groups in total. The molecule has 0 saturated heterocycles. The van der Waals surface area contributed by atoms with Crippen molar-refractivity contribution in [1.82, 2.24) is 15.2 Å². The van der Waals surface area contributed by atoms with Crippen molar-refractivity contribution in [3.8, 4) is 16.3 Å². The lowest BCUT2D eigenvalue weighted by Crippen LogP contribution is -2.54. The van der Waals surface area contributed by atoms with Gasteiger partial charge in [0.25, 0.3) is 11.8 Å². The SMILES string of the molecule is CC(C)(C)N(CC(O)COc1ccc(-c2ncc(CNC(=O)c3ccc4c(c3)NC(=O)c3ccccc3S4(=O)=O)s2)cc1)C(=O)C(F)(F)F. The summed E-state index contributed by atoms with van der Waals surface area (Å²) in [5.41, 5.74) is -0.308. The van der Waals surface area contributed by atoms with E-state index >= 15 is 0 Å². The van der Waals surface area contributed by atoms with E-state index in [9.17, 15) is 41.1 Å². The van der Waals surface area contributed by atoms with Crippen LogP contribution in [0, 0.1) is 0 Å². The lowest BCUT2D eigenvalue weighted by atomic mass is 10.0. The molecule has 0 aliphatic carbocycles. The topological polar surface area (TPSA) is 155 Å². The first-order valence-electron chi connectivity index (χ1n) is 14.8. The molecular weight excluding hydrogens is 686 g/mol. The monoisotopic (exact) mass is 716 g/mol. The van der Waals surface area contributed by atoms with Crippen LogP contribution >= 0.6 is 11.3 Å². The molecule has 11 nitrogen and oxygen atoms in total. The Hall–Kier alpha value is -4.80. The van der Waals surface area contributed by atoms with Crippen LogP contribution in [0.4, 0.5) is 18.9 Å². The predicted octanol–water partition coefficient (Wildman–Crippen LogP) is 5.07. The van der Waals surface area contributed by atoms with E-state index in [1.807, 2.05) is 0 Å². The summed E-state index contributed by atoms with van der Waals surface area (Å²) in [7, 11) is -4.01. The molecule has 1 aromatic heterocycles. The molecule has 0 radical (unpaired) electrons. The van der Waals surface area contributed by atoms with Gasteiger partial charge in [0.05, 0.1) is 34.1 Å². The summed E-state index contributed by atoms with van der Waals surface area (Å²) in [5.74, 6) is -2.80. The Morgan fingerprint density at radius 3 is 2.41 bits per heavy atom. The molecule has 1 atom stereocenters. The zero-order valence-electron chi connectivity index (χ0n) is 26.4. The molecular formula is C33H31F3N4O7S2. The van der Waals surface area contributed by atoms with Gasteiger partial charge in [0.2, 0.25) is 9.84 Å². The molecule has 4 aromatic rings. The van der Waals surface area contributed by atoms with Gasteiger partial charge in [-0.3, -0.25) is 14.4 Å². The van der Waals surface area contributed by atoms with Crippen LogP contribution in [0.1, 0.15) is 46.4 Å². The van der Waals surface area contributed by atoms with Gasteiger partial charge in [0, 0.05) is 27.7 Å². The van der Waals surface area contributed by atoms with Gasteiger partial charge in [-0.1, -0.05) is 12.1 Å². The van der Waals surface area contributed by atoms with Crippen LogP contribution in [0.2, 0.25) is 0 Å². The second-order valence-electron chi connectivity index (χ2n) is 12.1. The molecule has 0 bridgehead atoms. The Kier molecular flexibility index (Phi) is 9.86. The minimum atomic E-state index is -5.08. The van der Waals surface area contributed by atoms with E-state index in [0.717, 1.165) is 0 Å². The first kappa shape index (κ1) is 35.5. The Labute approximate surface area is 283 Å². The highest BCUT2D eigenvalue weighted by Gasteiger charge is 2.46. The first-order valence-corrected chi connectivity index (χ1v) is 17.1. The van der Waals surface area contributed by atoms with Crippen LogP contribution in [0.25, 0.3) is 10.6 Å². The quantitative estimate of drug-likeness (QED) is 0.217. The molecule has 1 aliphatic rings. The fourth-order valence-corrected chi connectivity index (χ4v) is 7.41. The highest BCUT2D eigenvalue weighted by molar-refractivity contribution is 7.91. The van der Waals surface area contributed by atoms with Crippen molar-refractivity contribution >= 4 is 44.6 Å². The average molecular weight is 717 g/mol. The fourth-order valence-electron chi connectivity index (χ4n) is 4.96. The summed E-state index contributed by atoms with van der Waals surface area (Å²) in [4.78, 5) is 43.0. The maximum absolute atomic E-state index is 13.2. The molecule has 1 aliphatic heterocycles. The number of nitrogens with one attached hydrogen (secondary N) is 2. The molecule has 49 heavy (non-hydrogen) atoms. The van der Waals surface area contributed by atoms with Gasteiger partial charge in [-0.15, -0.1) is 11.3 Å². The zero-order valence-corrected chi connectivity index (χ0v) is 28.0. The molecule has 3 amide bonds. The van der Waals surface area contributed by atoms with E-state index in [1.165, 1.54) is 68.5 Å². The Bertz CT molecular complexity index is 2010. The van der Waals surface area contributed by atoms with Crippen LogP contribution in [0.15, 0.2) is 82.7 Å². The van der Waals surface area contributed by atoms with Gasteiger partial charge in [0.15, 0.2) is 0 Å². The maximum atomic E-state index is 13.2. The number of β-amino-alcohol motifs (C(OH)–C–C–N with tert-alkyl or cyclic N) is 1. The molecule has 0 fully saturated rings. The number of amides is 3. The lowest BCUT2D eigenvalue weighted by Gasteiger charge is -2.37. The number of rotatable bonds is 9. The number of aliphatic hydroxyl groups is 1. The van der Waals surface area contributed by atoms with Crippen molar-refractivity contribution in [3.63, 3.8) is 0 Å². The average Bonchev–Trinajstić information content (AvgIpc) is 3.50. The van der Waals surface area contributed by atoms with Crippen molar-refractivity contribution in [3.05, 3.63) is 88.9 Å². The van der Waals surface area contributed by atoms with Crippen LogP contribution in [0.3, 0.4) is 0 Å². The second-order valence-corrected chi connectivity index (χ2v) is 15.1. The second kappa shape index (κ2) is 13.6. The summed E-state index contributed by atoms with van der Waals surface area (Å²) in [6.45, 7) is 3.51. The zero-order chi connectivity index (χ0) is 35.7. The van der Waals surface area contributed by atoms with Crippen molar-refractivity contribution in [2.75, 3.05) is 18.5 Å². The van der Waals surface area contributed by atoms with Crippen molar-refractivity contribution in [1.29, 1.82) is 0 Å². The molecule has 1 unspecified atom stereocenters. The molecule has 2 heterocycles. The number of carbonyl (C=O) groups excluding carboxylic acids is 3. The van der Waals surface area contributed by atoms with E-state index in [1.54, 1.807) is 36.5 Å². The molecule has 0 saturated carbocycles. The first-order chi connectivity index (χ1) is 22.9. The number of nitrogens with zero attached hydrogens (tertiary/aromatic N) is 2. The number of sulfone groups is 1. The number of aromatic nitrogens is 1. The number of hydrogen-bond acceptors (Lipinski definition) is 9. The summed E-state index contributed by atoms with van der Waals surface area (Å²) in [6.07, 6.45) is -4.86. The minimum Gasteiger partial charge on any atom is -0.491 e. The number of anilines is 1. The number of aliphatic hydroxyl groups excluding tert-OH is 1. The van der Waals surface area contributed by atoms with Crippen molar-refractivity contribution < 1.29 is 45.8 Å². The normalized spacial score (nSPS) is 14.5. The number of fused-ring (bicyclic) bond motifs is 2. The van der Waals surface area contributed by atoms with Crippen molar-refractivity contribution in [2.24, 2.45) is 0 Å². The van der Waals surface area contributed by atoms with Gasteiger partial charge in [-0.2, -0.15) is 13.2 Å². The Morgan fingerprint density at radius 1 is 1.04 bits per heavy atom. The maximum Gasteiger partial charge on any atom is 0.471 e. The third-order valence-electron chi connectivity index (χ3n) is 7.41. The predicted molar refractivity (Wildman–Crippen MR) is 174 cm³/mol. The summed E-state index contributed by atoms with van der Waals surface area (Å²) in [6, 6.07) is 16.4.